The van der Waals surface area contributed by atoms with Gasteiger partial charge in [0.1, 0.15) is 0 Å². The zero-order valence-electron chi connectivity index (χ0n) is 11.4. The fourth-order valence-electron chi connectivity index (χ4n) is 1.09. The number of rotatable bonds is 6. The first-order valence-electron chi connectivity index (χ1n) is 4.96. The Balaban J connectivity index is 0. The van der Waals surface area contributed by atoms with Gasteiger partial charge in [-0.3, -0.25) is 0 Å². The van der Waals surface area contributed by atoms with Crippen molar-refractivity contribution in [3.05, 3.63) is 6.43 Å². The van der Waals surface area contributed by atoms with Crippen LogP contribution in [0.2, 0.25) is 0 Å². The van der Waals surface area contributed by atoms with Gasteiger partial charge in [0.25, 0.3) is 5.92 Å². The molecule has 0 saturated carbocycles. The van der Waals surface area contributed by atoms with Gasteiger partial charge < -0.3 is 8.78 Å². The van der Waals surface area contributed by atoms with E-state index in [1.54, 1.807) is 0 Å². The summed E-state index contributed by atoms with van der Waals surface area (Å²) < 4.78 is 209. The first-order chi connectivity index (χ1) is 10.4. The topological polar surface area (TPSA) is 0 Å². The van der Waals surface area contributed by atoms with Crippen molar-refractivity contribution < 1.29 is 104 Å². The van der Waals surface area contributed by atoms with Crippen LogP contribution in [-0.2, 0) is 0 Å². The molecule has 0 spiro atoms. The molecule has 0 amide bonds. The van der Waals surface area contributed by atoms with E-state index in [2.05, 4.69) is 0 Å². The molecule has 0 aromatic heterocycles. The Bertz CT molecular complexity index is 487. The quantitative estimate of drug-likeness (QED) is 0.338. The molecule has 0 heterocycles. The molecule has 0 rings (SSSR count). The summed E-state index contributed by atoms with van der Waals surface area (Å²) >= 11 is 0. The van der Waals surface area contributed by atoms with Crippen LogP contribution in [0.15, 0.2) is 0 Å². The van der Waals surface area contributed by atoms with Gasteiger partial charge in [-0.25, -0.2) is 8.78 Å². The molecule has 0 radical (unpaired) electrons. The van der Waals surface area contributed by atoms with Gasteiger partial charge in [0.15, 0.2) is 0 Å². The Labute approximate surface area is 153 Å². The van der Waals surface area contributed by atoms with Crippen LogP contribution in [0, 0.1) is 6.43 Å². The second-order valence-electron chi connectivity index (χ2n) is 4.20. The van der Waals surface area contributed by atoms with Crippen molar-refractivity contribution in [2.24, 2.45) is 0 Å². The summed E-state index contributed by atoms with van der Waals surface area (Å²) in [5, 5.41) is 0. The molecule has 0 unspecified atom stereocenters. The molecule has 0 aliphatic carbocycles. The van der Waals surface area contributed by atoms with Crippen LogP contribution in [0.25, 0.3) is 0 Å². The van der Waals surface area contributed by atoms with Crippen LogP contribution in [0.1, 0.15) is 0 Å². The van der Waals surface area contributed by atoms with E-state index in [4.69, 9.17) is 0 Å². The van der Waals surface area contributed by atoms with Crippen LogP contribution < -0.4 is 29.6 Å². The van der Waals surface area contributed by atoms with Gasteiger partial charge in [0, 0.05) is 0 Å². The van der Waals surface area contributed by atoms with Crippen molar-refractivity contribution in [3.63, 3.8) is 0 Å². The molecule has 18 heteroatoms. The van der Waals surface area contributed by atoms with Crippen molar-refractivity contribution in [1.29, 1.82) is 0 Å². The standard InChI is InChI=1S/C8F17.Na/c9-1(10)2(11,12)3(13,14)4(15,16)5(17,18)6(19,20)7(21,22)8(23,24)25;/q-1;+1. The van der Waals surface area contributed by atoms with E-state index in [1.807, 2.05) is 0 Å². The fourth-order valence-corrected chi connectivity index (χ4v) is 1.09. The van der Waals surface area contributed by atoms with E-state index >= 15 is 0 Å². The minimum atomic E-state index is -8.55. The SMILES string of the molecule is F[C-](F)C(F)(F)C(F)(F)C(F)(F)C(F)(F)C(F)(F)C(F)(F)C(F)(F)F.[Na+]. The van der Waals surface area contributed by atoms with Gasteiger partial charge in [0.05, 0.1) is 6.43 Å². The Hall–Kier alpha value is -0.190. The van der Waals surface area contributed by atoms with E-state index < -0.39 is 48.1 Å². The second kappa shape index (κ2) is 7.00. The molecule has 0 aliphatic rings. The molecular formula is C8F17Na. The zero-order chi connectivity index (χ0) is 21.1. The summed E-state index contributed by atoms with van der Waals surface area (Å²) in [4.78, 5) is 0. The number of halogens is 17. The molecule has 152 valence electrons. The smallest absolute Gasteiger partial charge is 0.415 e. The molecule has 0 aromatic rings. The summed E-state index contributed by atoms with van der Waals surface area (Å²) in [5.41, 5.74) is 0. The largest absolute Gasteiger partial charge is 1.00 e. The van der Waals surface area contributed by atoms with Gasteiger partial charge in [-0.15, -0.1) is 0 Å². The molecule has 0 fully saturated rings. The normalized spacial score (nSPS) is 15.9. The number of hydrogen-bond donors (Lipinski definition) is 0. The van der Waals surface area contributed by atoms with Crippen LogP contribution >= 0.6 is 0 Å². The van der Waals surface area contributed by atoms with Crippen molar-refractivity contribution in [1.82, 2.24) is 0 Å². The van der Waals surface area contributed by atoms with Crippen LogP contribution in [0.5, 0.6) is 0 Å². The minimum Gasteiger partial charge on any atom is -0.415 e. The summed E-state index contributed by atoms with van der Waals surface area (Å²) in [6.07, 6.45) is -12.8. The third kappa shape index (κ3) is 3.46. The zero-order valence-corrected chi connectivity index (χ0v) is 13.4. The monoisotopic (exact) mass is 442 g/mol. The summed E-state index contributed by atoms with van der Waals surface area (Å²) in [6.45, 7) is 0. The van der Waals surface area contributed by atoms with E-state index in [-0.39, 0.29) is 29.6 Å². The summed E-state index contributed by atoms with van der Waals surface area (Å²) in [7, 11) is 0. The Morgan fingerprint density at radius 1 is 0.385 bits per heavy atom. The Morgan fingerprint density at radius 3 is 0.846 bits per heavy atom. The maximum absolute atomic E-state index is 12.7. The maximum Gasteiger partial charge on any atom is 1.00 e. The summed E-state index contributed by atoms with van der Waals surface area (Å²) in [5.74, 6) is -49.4. The van der Waals surface area contributed by atoms with Crippen LogP contribution in [0.4, 0.5) is 74.6 Å². The fraction of sp³-hybridized carbons (Fsp3) is 0.875. The molecule has 0 saturated heterocycles. The van der Waals surface area contributed by atoms with E-state index in [0.29, 0.717) is 0 Å². The van der Waals surface area contributed by atoms with Crippen molar-refractivity contribution in [2.75, 3.05) is 0 Å². The van der Waals surface area contributed by atoms with E-state index in [1.165, 1.54) is 0 Å². The molecule has 0 aliphatic heterocycles. The Morgan fingerprint density at radius 2 is 0.615 bits per heavy atom. The van der Waals surface area contributed by atoms with Gasteiger partial charge in [0.2, 0.25) is 0 Å². The maximum atomic E-state index is 12.7. The first kappa shape index (κ1) is 28.0. The molecule has 26 heavy (non-hydrogen) atoms. The molecule has 0 nitrogen and oxygen atoms in total. The van der Waals surface area contributed by atoms with Gasteiger partial charge >= 0.3 is 65.3 Å². The average molecular weight is 442 g/mol. The molecule has 0 bridgehead atoms. The van der Waals surface area contributed by atoms with E-state index in [9.17, 15) is 74.6 Å². The van der Waals surface area contributed by atoms with E-state index in [0.717, 1.165) is 0 Å². The molecule has 0 atom stereocenters. The van der Waals surface area contributed by atoms with Crippen molar-refractivity contribution >= 4 is 0 Å². The van der Waals surface area contributed by atoms with Gasteiger partial charge in [-0.2, -0.15) is 57.1 Å². The summed E-state index contributed by atoms with van der Waals surface area (Å²) in [6, 6.07) is 0. The number of alkyl halides is 15. The number of hydrogen-bond acceptors (Lipinski definition) is 0. The first-order valence-corrected chi connectivity index (χ1v) is 4.96. The third-order valence-corrected chi connectivity index (χ3v) is 2.57. The predicted octanol–water partition coefficient (Wildman–Crippen LogP) is 2.79. The second-order valence-corrected chi connectivity index (χ2v) is 4.20. The van der Waals surface area contributed by atoms with Gasteiger partial charge in [-0.05, 0) is 0 Å². The van der Waals surface area contributed by atoms with Crippen LogP contribution in [-0.4, -0.2) is 41.7 Å². The average Bonchev–Trinajstić information content (AvgIpc) is 2.35. The molecule has 0 N–H and O–H groups in total. The minimum absolute atomic E-state index is 0. The van der Waals surface area contributed by atoms with Crippen LogP contribution in [0.3, 0.4) is 0 Å². The molecule has 0 aromatic carbocycles. The predicted molar refractivity (Wildman–Crippen MR) is 41.2 cm³/mol. The van der Waals surface area contributed by atoms with Gasteiger partial charge in [-0.1, -0.05) is 0 Å². The third-order valence-electron chi connectivity index (χ3n) is 2.57. The van der Waals surface area contributed by atoms with Crippen molar-refractivity contribution in [2.45, 2.75) is 41.7 Å². The molecular weight excluding hydrogens is 442 g/mol. The Kier molecular flexibility index (Phi) is 7.55. The van der Waals surface area contributed by atoms with Crippen molar-refractivity contribution in [3.8, 4) is 0 Å².